The molecule has 1 aliphatic rings. The first-order valence-electron chi connectivity index (χ1n) is 3.84. The third kappa shape index (κ3) is 1.22. The Morgan fingerprint density at radius 2 is 2.50 bits per heavy atom. The van der Waals surface area contributed by atoms with Crippen molar-refractivity contribution >= 4 is 17.3 Å². The van der Waals surface area contributed by atoms with Crippen molar-refractivity contribution in [3.63, 3.8) is 0 Å². The number of rotatable bonds is 2. The van der Waals surface area contributed by atoms with Crippen LogP contribution in [0.1, 0.15) is 34.1 Å². The highest BCUT2D eigenvalue weighted by Gasteiger charge is 2.30. The van der Waals surface area contributed by atoms with E-state index in [2.05, 4.69) is 9.72 Å². The number of carbonyl (C=O) groups is 1. The fourth-order valence-corrected chi connectivity index (χ4v) is 1.94. The van der Waals surface area contributed by atoms with Crippen LogP contribution in [0.3, 0.4) is 0 Å². The molecule has 1 aromatic rings. The van der Waals surface area contributed by atoms with Crippen LogP contribution < -0.4 is 0 Å². The van der Waals surface area contributed by atoms with Crippen LogP contribution >= 0.6 is 11.3 Å². The zero-order chi connectivity index (χ0) is 8.55. The molecule has 1 fully saturated rings. The lowest BCUT2D eigenvalue weighted by molar-refractivity contribution is 0.0604. The van der Waals surface area contributed by atoms with Gasteiger partial charge in [-0.1, -0.05) is 0 Å². The van der Waals surface area contributed by atoms with E-state index in [-0.39, 0.29) is 5.97 Å². The number of hydrogen-bond donors (Lipinski definition) is 0. The fraction of sp³-hybridized carbons (Fsp3) is 0.500. The summed E-state index contributed by atoms with van der Waals surface area (Å²) in [5, 5.41) is 0. The lowest BCUT2D eigenvalue weighted by Gasteiger charge is -1.96. The van der Waals surface area contributed by atoms with Gasteiger partial charge in [0.05, 0.1) is 18.3 Å². The fourth-order valence-electron chi connectivity index (χ4n) is 1.15. The molecule has 3 nitrogen and oxygen atoms in total. The summed E-state index contributed by atoms with van der Waals surface area (Å²) in [7, 11) is 1.40. The first-order valence-corrected chi connectivity index (χ1v) is 4.72. The molecule has 0 unspecified atom stereocenters. The molecule has 0 bridgehead atoms. The highest BCUT2D eigenvalue weighted by Crippen LogP contribution is 2.41. The summed E-state index contributed by atoms with van der Waals surface area (Å²) in [5.41, 5.74) is 2.65. The van der Waals surface area contributed by atoms with Crippen molar-refractivity contribution in [2.24, 2.45) is 0 Å². The number of carbonyl (C=O) groups excluding carboxylic acids is 1. The largest absolute Gasteiger partial charge is 0.465 e. The van der Waals surface area contributed by atoms with Crippen molar-refractivity contribution in [1.29, 1.82) is 0 Å². The molecule has 0 aromatic carbocycles. The van der Waals surface area contributed by atoms with E-state index in [1.165, 1.54) is 18.4 Å². The zero-order valence-corrected chi connectivity index (χ0v) is 7.56. The molecule has 1 aliphatic carbocycles. The molecule has 1 aromatic heterocycles. The Bertz CT molecular complexity index is 304. The monoisotopic (exact) mass is 183 g/mol. The van der Waals surface area contributed by atoms with Crippen molar-refractivity contribution in [3.05, 3.63) is 16.1 Å². The zero-order valence-electron chi connectivity index (χ0n) is 6.74. The summed E-state index contributed by atoms with van der Waals surface area (Å²) in [6.07, 6.45) is 2.32. The number of nitrogens with zero attached hydrogens (tertiary/aromatic N) is 1. The van der Waals surface area contributed by atoms with Crippen LogP contribution in [0.25, 0.3) is 0 Å². The van der Waals surface area contributed by atoms with Gasteiger partial charge in [-0.25, -0.2) is 9.78 Å². The van der Waals surface area contributed by atoms with Gasteiger partial charge >= 0.3 is 5.97 Å². The SMILES string of the molecule is COC(=O)c1scnc1C1CC1. The third-order valence-electron chi connectivity index (χ3n) is 1.93. The Labute approximate surface area is 74.4 Å². The quantitative estimate of drug-likeness (QED) is 0.656. The maximum absolute atomic E-state index is 11.2. The number of hydrogen-bond acceptors (Lipinski definition) is 4. The molecule has 0 aliphatic heterocycles. The van der Waals surface area contributed by atoms with Crippen LogP contribution in [0, 0.1) is 0 Å². The first-order chi connectivity index (χ1) is 5.83. The Morgan fingerprint density at radius 1 is 1.75 bits per heavy atom. The summed E-state index contributed by atoms with van der Waals surface area (Å²) in [4.78, 5) is 16.0. The number of esters is 1. The van der Waals surface area contributed by atoms with E-state index in [1.54, 1.807) is 5.51 Å². The lowest BCUT2D eigenvalue weighted by Crippen LogP contribution is -2.01. The predicted octanol–water partition coefficient (Wildman–Crippen LogP) is 1.81. The minimum Gasteiger partial charge on any atom is -0.465 e. The molecule has 0 N–H and O–H groups in total. The van der Waals surface area contributed by atoms with Crippen molar-refractivity contribution in [2.45, 2.75) is 18.8 Å². The molecule has 4 heteroatoms. The van der Waals surface area contributed by atoms with Gasteiger partial charge in [-0.05, 0) is 12.8 Å². The summed E-state index contributed by atoms with van der Waals surface area (Å²) in [5.74, 6) is 0.268. The van der Waals surface area contributed by atoms with E-state index in [4.69, 9.17) is 0 Å². The number of methoxy groups -OCH3 is 1. The lowest BCUT2D eigenvalue weighted by atomic mass is 10.2. The minimum atomic E-state index is -0.251. The molecule has 0 amide bonds. The van der Waals surface area contributed by atoms with Crippen molar-refractivity contribution in [1.82, 2.24) is 4.98 Å². The van der Waals surface area contributed by atoms with Gasteiger partial charge in [-0.3, -0.25) is 0 Å². The van der Waals surface area contributed by atoms with Crippen LogP contribution in [-0.4, -0.2) is 18.1 Å². The van der Waals surface area contributed by atoms with E-state index in [0.29, 0.717) is 10.8 Å². The highest BCUT2D eigenvalue weighted by molar-refractivity contribution is 7.11. The van der Waals surface area contributed by atoms with Gasteiger partial charge < -0.3 is 4.74 Å². The van der Waals surface area contributed by atoms with E-state index in [1.807, 2.05) is 0 Å². The van der Waals surface area contributed by atoms with Crippen LogP contribution in [0.2, 0.25) is 0 Å². The molecule has 1 saturated carbocycles. The normalized spacial score (nSPS) is 16.1. The Morgan fingerprint density at radius 3 is 3.08 bits per heavy atom. The third-order valence-corrected chi connectivity index (χ3v) is 2.75. The van der Waals surface area contributed by atoms with Gasteiger partial charge in [0, 0.05) is 5.92 Å². The van der Waals surface area contributed by atoms with Gasteiger partial charge in [0.2, 0.25) is 0 Å². The molecule has 0 atom stereocenters. The van der Waals surface area contributed by atoms with E-state index < -0.39 is 0 Å². The van der Waals surface area contributed by atoms with Gasteiger partial charge in [-0.2, -0.15) is 0 Å². The second-order valence-electron chi connectivity index (χ2n) is 2.83. The summed E-state index contributed by atoms with van der Waals surface area (Å²) in [6, 6.07) is 0. The van der Waals surface area contributed by atoms with Crippen LogP contribution in [0.4, 0.5) is 0 Å². The average molecular weight is 183 g/mol. The summed E-state index contributed by atoms with van der Waals surface area (Å²) < 4.78 is 4.64. The molecular formula is C8H9NO2S. The van der Waals surface area contributed by atoms with Gasteiger partial charge in [0.25, 0.3) is 0 Å². The van der Waals surface area contributed by atoms with Crippen molar-refractivity contribution < 1.29 is 9.53 Å². The molecule has 1 heterocycles. The maximum atomic E-state index is 11.2. The smallest absolute Gasteiger partial charge is 0.349 e. The summed E-state index contributed by atoms with van der Waals surface area (Å²) in [6.45, 7) is 0. The topological polar surface area (TPSA) is 39.2 Å². The molecule has 0 saturated heterocycles. The summed E-state index contributed by atoms with van der Waals surface area (Å²) >= 11 is 1.36. The first kappa shape index (κ1) is 7.73. The van der Waals surface area contributed by atoms with Gasteiger partial charge in [0.1, 0.15) is 4.88 Å². The molecular weight excluding hydrogens is 174 g/mol. The van der Waals surface area contributed by atoms with E-state index >= 15 is 0 Å². The van der Waals surface area contributed by atoms with Crippen LogP contribution in [0.15, 0.2) is 5.51 Å². The predicted molar refractivity (Wildman–Crippen MR) is 45.4 cm³/mol. The molecule has 64 valence electrons. The standard InChI is InChI=1S/C8H9NO2S/c1-11-8(10)7-6(5-2-3-5)9-4-12-7/h4-5H,2-3H2,1H3. The van der Waals surface area contributed by atoms with Gasteiger partial charge in [-0.15, -0.1) is 11.3 Å². The second-order valence-corrected chi connectivity index (χ2v) is 3.69. The van der Waals surface area contributed by atoms with Crippen molar-refractivity contribution in [3.8, 4) is 0 Å². The number of ether oxygens (including phenoxy) is 1. The van der Waals surface area contributed by atoms with Crippen LogP contribution in [-0.2, 0) is 4.74 Å². The maximum Gasteiger partial charge on any atom is 0.349 e. The number of thiazole rings is 1. The second kappa shape index (κ2) is 2.86. The highest BCUT2D eigenvalue weighted by atomic mass is 32.1. The van der Waals surface area contributed by atoms with E-state index in [9.17, 15) is 4.79 Å². The minimum absolute atomic E-state index is 0.251. The molecule has 0 radical (unpaired) electrons. The Kier molecular flexibility index (Phi) is 1.84. The average Bonchev–Trinajstić information content (AvgIpc) is 2.83. The molecule has 2 rings (SSSR count). The van der Waals surface area contributed by atoms with Crippen molar-refractivity contribution in [2.75, 3.05) is 7.11 Å². The van der Waals surface area contributed by atoms with Gasteiger partial charge in [0.15, 0.2) is 0 Å². The Balaban J connectivity index is 2.29. The Hall–Kier alpha value is -0.900. The molecule has 12 heavy (non-hydrogen) atoms. The number of aromatic nitrogens is 1. The van der Waals surface area contributed by atoms with Crippen LogP contribution in [0.5, 0.6) is 0 Å². The molecule has 0 spiro atoms. The van der Waals surface area contributed by atoms with E-state index in [0.717, 1.165) is 18.5 Å².